The van der Waals surface area contributed by atoms with Gasteiger partial charge in [-0.15, -0.1) is 5.10 Å². The Morgan fingerprint density at radius 2 is 1.96 bits per heavy atom. The molecule has 0 amide bonds. The smallest absolute Gasteiger partial charge is 0.156 e. The van der Waals surface area contributed by atoms with Crippen LogP contribution in [0.15, 0.2) is 30.3 Å². The first-order chi connectivity index (χ1) is 12.3. The summed E-state index contributed by atoms with van der Waals surface area (Å²) >= 11 is 5.74. The molecule has 6 heteroatoms. The molecule has 1 saturated carbocycles. The van der Waals surface area contributed by atoms with Gasteiger partial charge in [0.2, 0.25) is 0 Å². The lowest BCUT2D eigenvalue weighted by atomic mass is 9.94. The van der Waals surface area contributed by atoms with E-state index in [4.69, 9.17) is 12.2 Å². The van der Waals surface area contributed by atoms with E-state index < -0.39 is 0 Å². The summed E-state index contributed by atoms with van der Waals surface area (Å²) in [5.74, 6) is 0.898. The molecule has 5 nitrogen and oxygen atoms in total. The van der Waals surface area contributed by atoms with E-state index in [0.29, 0.717) is 6.04 Å². The van der Waals surface area contributed by atoms with Crippen molar-refractivity contribution >= 4 is 17.2 Å². The van der Waals surface area contributed by atoms with Crippen molar-refractivity contribution < 1.29 is 0 Å². The minimum Gasteiger partial charge on any atom is -0.363 e. The monoisotopic (exact) mass is 357 g/mol. The third kappa shape index (κ3) is 4.63. The van der Waals surface area contributed by atoms with E-state index in [2.05, 4.69) is 27.3 Å². The highest BCUT2D eigenvalue weighted by atomic mass is 32.1. The number of nitrogens with zero attached hydrogens (tertiary/aromatic N) is 5. The number of tetrazole rings is 1. The molecule has 0 atom stereocenters. The van der Waals surface area contributed by atoms with Crippen LogP contribution < -0.4 is 0 Å². The molecule has 134 valence electrons. The van der Waals surface area contributed by atoms with E-state index in [0.717, 1.165) is 42.3 Å². The van der Waals surface area contributed by atoms with Crippen LogP contribution in [0.5, 0.6) is 0 Å². The van der Waals surface area contributed by atoms with Crippen LogP contribution in [-0.4, -0.2) is 42.7 Å². The molecule has 25 heavy (non-hydrogen) atoms. The lowest BCUT2D eigenvalue weighted by Gasteiger charge is -2.35. The standard InChI is InChI=1S/C19H27N5S/c1-2-23(16-10-5-3-6-11-16)19(25)15-9-14-18-20-21-22-24(18)17-12-7-4-8-13-17/h4,7-8,12-13,16H,2-3,5-6,9-11,14-15H2,1H3. The topological polar surface area (TPSA) is 46.8 Å². The first-order valence-electron chi connectivity index (χ1n) is 9.41. The summed E-state index contributed by atoms with van der Waals surface area (Å²) < 4.78 is 1.82. The normalized spacial score (nSPS) is 15.2. The number of aromatic nitrogens is 4. The van der Waals surface area contributed by atoms with Crippen molar-refractivity contribution in [3.63, 3.8) is 0 Å². The third-order valence-corrected chi connectivity index (χ3v) is 5.44. The van der Waals surface area contributed by atoms with Crippen LogP contribution in [0.4, 0.5) is 0 Å². The fourth-order valence-corrected chi connectivity index (χ4v) is 4.13. The van der Waals surface area contributed by atoms with Gasteiger partial charge in [-0.1, -0.05) is 49.7 Å². The van der Waals surface area contributed by atoms with E-state index in [-0.39, 0.29) is 0 Å². The number of hydrogen-bond donors (Lipinski definition) is 0. The highest BCUT2D eigenvalue weighted by Gasteiger charge is 2.21. The van der Waals surface area contributed by atoms with Crippen LogP contribution in [0.2, 0.25) is 0 Å². The molecule has 0 bridgehead atoms. The zero-order valence-corrected chi connectivity index (χ0v) is 15.8. The number of benzene rings is 1. The summed E-state index contributed by atoms with van der Waals surface area (Å²) in [6, 6.07) is 10.7. The average Bonchev–Trinajstić information content (AvgIpc) is 3.12. The lowest BCUT2D eigenvalue weighted by Crippen LogP contribution is -2.40. The Morgan fingerprint density at radius 3 is 2.68 bits per heavy atom. The zero-order chi connectivity index (χ0) is 17.5. The van der Waals surface area contributed by atoms with Gasteiger partial charge in [0.15, 0.2) is 5.82 Å². The predicted molar refractivity (Wildman–Crippen MR) is 104 cm³/mol. The molecule has 1 aromatic heterocycles. The number of para-hydroxylation sites is 1. The summed E-state index contributed by atoms with van der Waals surface area (Å²) in [6.45, 7) is 3.24. The molecule has 1 heterocycles. The molecule has 1 aliphatic carbocycles. The van der Waals surface area contributed by atoms with Gasteiger partial charge in [0, 0.05) is 19.0 Å². The van der Waals surface area contributed by atoms with E-state index in [9.17, 15) is 0 Å². The van der Waals surface area contributed by atoms with Crippen molar-refractivity contribution in [3.8, 4) is 5.69 Å². The number of hydrogen-bond acceptors (Lipinski definition) is 4. The summed E-state index contributed by atoms with van der Waals surface area (Å²) in [6.07, 6.45) is 9.40. The van der Waals surface area contributed by atoms with E-state index in [1.165, 1.54) is 32.1 Å². The van der Waals surface area contributed by atoms with Crippen molar-refractivity contribution in [2.24, 2.45) is 0 Å². The maximum absolute atomic E-state index is 5.74. The summed E-state index contributed by atoms with van der Waals surface area (Å²) in [5.41, 5.74) is 1.00. The Morgan fingerprint density at radius 1 is 1.20 bits per heavy atom. The third-order valence-electron chi connectivity index (χ3n) is 5.00. The van der Waals surface area contributed by atoms with Gasteiger partial charge < -0.3 is 4.90 Å². The summed E-state index contributed by atoms with van der Waals surface area (Å²) in [4.78, 5) is 3.56. The van der Waals surface area contributed by atoms with Crippen LogP contribution in [-0.2, 0) is 6.42 Å². The Labute approximate surface area is 155 Å². The van der Waals surface area contributed by atoms with Gasteiger partial charge in [0.05, 0.1) is 10.7 Å². The van der Waals surface area contributed by atoms with Crippen molar-refractivity contribution in [1.29, 1.82) is 0 Å². The minimum atomic E-state index is 0.654. The SMILES string of the molecule is CCN(C(=S)CCCc1nnnn1-c1ccccc1)C1CCCCC1. The van der Waals surface area contributed by atoms with Gasteiger partial charge in [0.1, 0.15) is 0 Å². The van der Waals surface area contributed by atoms with Gasteiger partial charge in [0.25, 0.3) is 0 Å². The Bertz CT molecular complexity index is 663. The van der Waals surface area contributed by atoms with Gasteiger partial charge in [-0.2, -0.15) is 4.68 Å². The van der Waals surface area contributed by atoms with Gasteiger partial charge in [-0.3, -0.25) is 0 Å². The molecule has 0 spiro atoms. The predicted octanol–water partition coefficient (Wildman–Crippen LogP) is 3.97. The molecular weight excluding hydrogens is 330 g/mol. The quantitative estimate of drug-likeness (QED) is 0.702. The molecule has 1 aromatic carbocycles. The van der Waals surface area contributed by atoms with E-state index in [1.807, 2.05) is 35.0 Å². The lowest BCUT2D eigenvalue weighted by molar-refractivity contribution is 0.252. The van der Waals surface area contributed by atoms with Crippen molar-refractivity contribution in [1.82, 2.24) is 25.1 Å². The highest BCUT2D eigenvalue weighted by molar-refractivity contribution is 7.80. The number of rotatable bonds is 7. The second kappa shape index (κ2) is 9.04. The maximum Gasteiger partial charge on any atom is 0.156 e. The van der Waals surface area contributed by atoms with Crippen molar-refractivity contribution in [2.45, 2.75) is 64.3 Å². The number of aryl methyl sites for hydroxylation is 1. The second-order valence-electron chi connectivity index (χ2n) is 6.67. The molecule has 0 saturated heterocycles. The summed E-state index contributed by atoms with van der Waals surface area (Å²) in [7, 11) is 0. The Kier molecular flexibility index (Phi) is 6.50. The number of thiocarbonyl (C=S) groups is 1. The molecule has 1 fully saturated rings. The molecule has 3 rings (SSSR count). The van der Waals surface area contributed by atoms with Crippen LogP contribution >= 0.6 is 12.2 Å². The first kappa shape index (κ1) is 18.0. The molecule has 1 aliphatic rings. The average molecular weight is 358 g/mol. The molecular formula is C19H27N5S. The molecule has 2 aromatic rings. The maximum atomic E-state index is 5.74. The molecule has 0 unspecified atom stereocenters. The minimum absolute atomic E-state index is 0.654. The fraction of sp³-hybridized carbons (Fsp3) is 0.579. The zero-order valence-electron chi connectivity index (χ0n) is 15.0. The first-order valence-corrected chi connectivity index (χ1v) is 9.82. The van der Waals surface area contributed by atoms with Gasteiger partial charge >= 0.3 is 0 Å². The fourth-order valence-electron chi connectivity index (χ4n) is 3.70. The van der Waals surface area contributed by atoms with E-state index >= 15 is 0 Å². The van der Waals surface area contributed by atoms with Crippen LogP contribution in [0.25, 0.3) is 5.69 Å². The van der Waals surface area contributed by atoms with Crippen molar-refractivity contribution in [2.75, 3.05) is 6.54 Å². The molecule has 0 aliphatic heterocycles. The Balaban J connectivity index is 1.54. The van der Waals surface area contributed by atoms with Crippen LogP contribution in [0, 0.1) is 0 Å². The van der Waals surface area contributed by atoms with Crippen LogP contribution in [0.3, 0.4) is 0 Å². The van der Waals surface area contributed by atoms with Gasteiger partial charge in [-0.25, -0.2) is 0 Å². The molecule has 0 N–H and O–H groups in total. The van der Waals surface area contributed by atoms with E-state index in [1.54, 1.807) is 0 Å². The summed E-state index contributed by atoms with van der Waals surface area (Å²) in [5, 5.41) is 12.2. The highest BCUT2D eigenvalue weighted by Crippen LogP contribution is 2.24. The van der Waals surface area contributed by atoms with Crippen molar-refractivity contribution in [3.05, 3.63) is 36.2 Å². The Hall–Kier alpha value is -1.82. The van der Waals surface area contributed by atoms with Crippen LogP contribution in [0.1, 0.15) is 57.7 Å². The second-order valence-corrected chi connectivity index (χ2v) is 7.14. The largest absolute Gasteiger partial charge is 0.363 e. The van der Waals surface area contributed by atoms with Gasteiger partial charge in [-0.05, 0) is 55.2 Å². The molecule has 0 radical (unpaired) electrons.